The second kappa shape index (κ2) is 15.1. The fourth-order valence-electron chi connectivity index (χ4n) is 6.79. The third-order valence-electron chi connectivity index (χ3n) is 9.37. The van der Waals surface area contributed by atoms with Crippen molar-refractivity contribution in [1.82, 2.24) is 15.1 Å². The number of aliphatic hydroxyl groups is 1. The Morgan fingerprint density at radius 3 is 2.21 bits per heavy atom. The van der Waals surface area contributed by atoms with E-state index in [1.807, 2.05) is 41.3 Å². The smallest absolute Gasteiger partial charge is 0.248 e. The Morgan fingerprint density at radius 1 is 1.02 bits per heavy atom. The fraction of sp³-hybridized carbons (Fsp3) is 0.576. The van der Waals surface area contributed by atoms with Gasteiger partial charge in [-0.15, -0.1) is 12.4 Å². The lowest BCUT2D eigenvalue weighted by Crippen LogP contribution is -2.75. The van der Waals surface area contributed by atoms with E-state index in [0.29, 0.717) is 38.2 Å². The number of likely N-dealkylation sites (tertiary alicyclic amines) is 1. The van der Waals surface area contributed by atoms with Gasteiger partial charge in [0.2, 0.25) is 11.8 Å². The minimum Gasteiger partial charge on any atom is -0.612 e. The molecule has 1 saturated carbocycles. The van der Waals surface area contributed by atoms with E-state index in [4.69, 9.17) is 4.74 Å². The van der Waals surface area contributed by atoms with E-state index in [1.165, 1.54) is 6.42 Å². The van der Waals surface area contributed by atoms with Gasteiger partial charge in [-0.2, -0.15) is 0 Å². The molecule has 10 heteroatoms. The van der Waals surface area contributed by atoms with E-state index < -0.39 is 28.9 Å². The zero-order valence-electron chi connectivity index (χ0n) is 25.3. The van der Waals surface area contributed by atoms with E-state index in [1.54, 1.807) is 6.26 Å². The maximum Gasteiger partial charge on any atom is 0.248 e. The van der Waals surface area contributed by atoms with Gasteiger partial charge in [-0.3, -0.25) is 14.5 Å². The van der Waals surface area contributed by atoms with Crippen molar-refractivity contribution in [1.29, 1.82) is 0 Å². The number of rotatable bonds is 10. The summed E-state index contributed by atoms with van der Waals surface area (Å²) in [6.07, 6.45) is 8.93. The minimum atomic E-state index is -1.02. The van der Waals surface area contributed by atoms with Gasteiger partial charge < -0.3 is 24.6 Å². The number of halogens is 1. The van der Waals surface area contributed by atoms with Crippen LogP contribution in [0.1, 0.15) is 70.3 Å². The molecular weight excluding hydrogens is 586 g/mol. The number of amides is 2. The van der Waals surface area contributed by atoms with Crippen LogP contribution in [0.3, 0.4) is 0 Å². The van der Waals surface area contributed by atoms with E-state index in [2.05, 4.69) is 29.3 Å². The van der Waals surface area contributed by atoms with E-state index in [9.17, 15) is 19.2 Å². The summed E-state index contributed by atoms with van der Waals surface area (Å²) in [5.41, 5.74) is 0.307. The van der Waals surface area contributed by atoms with Gasteiger partial charge in [0.1, 0.15) is 29.3 Å². The number of aliphatic hydroxyl groups excluding tert-OH is 1. The monoisotopic (exact) mass is 631 g/mol. The van der Waals surface area contributed by atoms with Gasteiger partial charge in [-0.1, -0.05) is 44.7 Å². The van der Waals surface area contributed by atoms with Crippen LogP contribution in [0.5, 0.6) is 11.5 Å². The predicted octanol–water partition coefficient (Wildman–Crippen LogP) is 5.04. The van der Waals surface area contributed by atoms with E-state index in [-0.39, 0.29) is 30.1 Å². The van der Waals surface area contributed by atoms with Crippen LogP contribution in [0.25, 0.3) is 0 Å². The quantitative estimate of drug-likeness (QED) is 0.356. The molecule has 8 nitrogen and oxygen atoms in total. The largest absolute Gasteiger partial charge is 0.612 e. The molecule has 43 heavy (non-hydrogen) atoms. The molecular formula is C33H46ClN3O5S. The van der Waals surface area contributed by atoms with Crippen molar-refractivity contribution in [2.24, 2.45) is 5.92 Å². The number of hydrogen-bond donors (Lipinski definition) is 2. The Balaban J connectivity index is 0.00000423. The average molecular weight is 632 g/mol. The molecule has 3 atom stereocenters. The fourth-order valence-corrected chi connectivity index (χ4v) is 7.31. The van der Waals surface area contributed by atoms with Gasteiger partial charge in [-0.25, -0.2) is 0 Å². The van der Waals surface area contributed by atoms with Crippen molar-refractivity contribution in [3.8, 4) is 11.5 Å². The highest BCUT2D eigenvalue weighted by Crippen LogP contribution is 2.36. The van der Waals surface area contributed by atoms with Crippen LogP contribution in [0.4, 0.5) is 0 Å². The predicted molar refractivity (Wildman–Crippen MR) is 171 cm³/mol. The number of nitrogens with one attached hydrogen (secondary N) is 1. The van der Waals surface area contributed by atoms with Gasteiger partial charge in [0.15, 0.2) is 4.90 Å². The van der Waals surface area contributed by atoms with Crippen molar-refractivity contribution in [3.63, 3.8) is 0 Å². The van der Waals surface area contributed by atoms with Crippen LogP contribution in [0.15, 0.2) is 53.4 Å². The zero-order valence-corrected chi connectivity index (χ0v) is 27.0. The molecule has 3 aliphatic rings. The Bertz CT molecular complexity index is 1200. The van der Waals surface area contributed by atoms with Crippen LogP contribution in [-0.4, -0.2) is 74.8 Å². The van der Waals surface area contributed by atoms with Crippen LogP contribution >= 0.6 is 12.4 Å². The van der Waals surface area contributed by atoms with E-state index in [0.717, 1.165) is 61.3 Å². The number of nitrogens with zero attached hydrogens (tertiary/aromatic N) is 2. The second-order valence-electron chi connectivity index (χ2n) is 12.2. The Kier molecular flexibility index (Phi) is 11.8. The van der Waals surface area contributed by atoms with Crippen molar-refractivity contribution in [2.75, 3.05) is 25.9 Å². The normalized spacial score (nSPS) is 22.5. The highest BCUT2D eigenvalue weighted by molar-refractivity contribution is 7.90. The zero-order chi connectivity index (χ0) is 29.7. The molecule has 2 N–H and O–H groups in total. The number of piperazine rings is 1. The number of unbranched alkanes of at least 4 members (excludes halogenated alkanes) is 1. The molecule has 1 unspecified atom stereocenters. The molecule has 1 aliphatic carbocycles. The lowest BCUT2D eigenvalue weighted by atomic mass is 9.78. The minimum absolute atomic E-state index is 0. The topological polar surface area (TPSA) is 105 Å². The van der Waals surface area contributed by atoms with Crippen molar-refractivity contribution >= 4 is 35.4 Å². The van der Waals surface area contributed by atoms with Gasteiger partial charge in [-0.05, 0) is 91.2 Å². The molecule has 2 aromatic rings. The third kappa shape index (κ3) is 7.68. The highest BCUT2D eigenvalue weighted by Gasteiger charge is 2.55. The summed E-state index contributed by atoms with van der Waals surface area (Å²) in [6, 6.07) is 14.4. The van der Waals surface area contributed by atoms with Crippen LogP contribution in [0, 0.1) is 5.92 Å². The van der Waals surface area contributed by atoms with Crippen molar-refractivity contribution in [3.05, 3.63) is 54.1 Å². The molecule has 0 radical (unpaired) electrons. The van der Waals surface area contributed by atoms with Gasteiger partial charge in [0, 0.05) is 26.2 Å². The third-order valence-corrected chi connectivity index (χ3v) is 10.3. The summed E-state index contributed by atoms with van der Waals surface area (Å²) in [5, 5.41) is 14.2. The van der Waals surface area contributed by atoms with Gasteiger partial charge in [0.25, 0.3) is 0 Å². The van der Waals surface area contributed by atoms with Crippen molar-refractivity contribution < 1.29 is 24.0 Å². The molecule has 2 aromatic carbocycles. The molecule has 2 amide bonds. The van der Waals surface area contributed by atoms with Crippen LogP contribution in [-0.2, 0) is 27.3 Å². The number of piperidine rings is 1. The SMILES string of the molecule is CCCCN1C(=O)[C@@H]([C@H](O)C2CCCCC2)NC(=O)C12CCN(Cc1ccc(Oc3ccc([S+](C)[O-])cc3)cc1)CC2.Cl. The van der Waals surface area contributed by atoms with Crippen LogP contribution < -0.4 is 10.1 Å². The summed E-state index contributed by atoms with van der Waals surface area (Å²) in [7, 11) is 0. The van der Waals surface area contributed by atoms with Gasteiger partial charge >= 0.3 is 0 Å². The lowest BCUT2D eigenvalue weighted by molar-refractivity contribution is -0.166. The Morgan fingerprint density at radius 2 is 1.63 bits per heavy atom. The maximum absolute atomic E-state index is 13.8. The molecule has 1 spiro atoms. The molecule has 236 valence electrons. The number of carbonyl (C=O) groups excluding carboxylic acids is 2. The summed E-state index contributed by atoms with van der Waals surface area (Å²) in [5.74, 6) is 1.29. The average Bonchev–Trinajstić information content (AvgIpc) is 3.01. The Hall–Kier alpha value is -2.30. The van der Waals surface area contributed by atoms with E-state index >= 15 is 0 Å². The summed E-state index contributed by atoms with van der Waals surface area (Å²) >= 11 is -1.02. The first-order valence-electron chi connectivity index (χ1n) is 15.5. The highest BCUT2D eigenvalue weighted by atomic mass is 35.5. The summed E-state index contributed by atoms with van der Waals surface area (Å²) < 4.78 is 17.6. The molecule has 2 aliphatic heterocycles. The molecule has 0 aromatic heterocycles. The molecule has 0 bridgehead atoms. The number of carbonyl (C=O) groups is 2. The standard InChI is InChI=1S/C33H45N3O5S.ClH/c1-3-4-20-36-31(38)29(30(37)25-8-6-5-7-9-25)34-32(39)33(36)18-21-35(22-19-33)23-24-10-12-26(13-11-24)41-27-14-16-28(17-15-27)42(2)40;/h10-17,25,29-30,37H,3-9,18-23H2,1-2H3,(H,34,39);1H/t29-,30-,42?;/m1./s1. The first kappa shape index (κ1) is 33.6. The lowest BCUT2D eigenvalue weighted by Gasteiger charge is -2.52. The molecule has 2 heterocycles. The Labute approximate surface area is 265 Å². The molecule has 3 fully saturated rings. The summed E-state index contributed by atoms with van der Waals surface area (Å²) in [4.78, 5) is 32.5. The first-order chi connectivity index (χ1) is 20.3. The first-order valence-corrected chi connectivity index (χ1v) is 17.1. The number of hydrogen-bond acceptors (Lipinski definition) is 6. The van der Waals surface area contributed by atoms with Crippen molar-refractivity contribution in [2.45, 2.75) is 93.8 Å². The maximum atomic E-state index is 13.8. The van der Waals surface area contributed by atoms with Crippen LogP contribution in [0.2, 0.25) is 0 Å². The number of benzene rings is 2. The second-order valence-corrected chi connectivity index (χ2v) is 13.5. The molecule has 2 saturated heterocycles. The summed E-state index contributed by atoms with van der Waals surface area (Å²) in [6.45, 7) is 4.82. The molecule has 5 rings (SSSR count). The number of ether oxygens (including phenoxy) is 1. The van der Waals surface area contributed by atoms with Gasteiger partial charge in [0.05, 0.1) is 6.10 Å².